The molecule has 252 valence electrons. The Kier molecular flexibility index (Phi) is 9.04. The number of ether oxygens (including phenoxy) is 1. The van der Waals surface area contributed by atoms with Crippen LogP contribution in [0.15, 0.2) is 83.0 Å². The number of fused-ring (bicyclic) bond motifs is 3. The Morgan fingerprint density at radius 1 is 1.08 bits per heavy atom. The molecule has 3 fully saturated rings. The summed E-state index contributed by atoms with van der Waals surface area (Å²) < 4.78 is 37.1. The van der Waals surface area contributed by atoms with E-state index in [9.17, 15) is 19.7 Å². The molecule has 0 aromatic heterocycles. The molecule has 0 bridgehead atoms. The van der Waals surface area contributed by atoms with Crippen LogP contribution >= 0.6 is 11.6 Å². The summed E-state index contributed by atoms with van der Waals surface area (Å²) in [4.78, 5) is 23.6. The SMILES string of the molecule is C=C(F)C(=O)N1CCN(C2=C(CC#N)C(OCC34CCCN3CCC4)=NC3C=C(c4cccc5cccc(Cl)c45)C(F)=CC23)C[C@@H]1CC#N. The van der Waals surface area contributed by atoms with Gasteiger partial charge in [0, 0.05) is 52.8 Å². The topological polar surface area (TPSA) is 96.0 Å². The predicted molar refractivity (Wildman–Crippen MR) is 184 cm³/mol. The summed E-state index contributed by atoms with van der Waals surface area (Å²) in [6.07, 6.45) is 7.58. The van der Waals surface area contributed by atoms with Crippen molar-refractivity contribution in [1.82, 2.24) is 14.7 Å². The first-order valence-electron chi connectivity index (χ1n) is 16.8. The largest absolute Gasteiger partial charge is 0.476 e. The van der Waals surface area contributed by atoms with Crippen LogP contribution in [-0.4, -0.2) is 83.5 Å². The number of benzene rings is 2. The van der Waals surface area contributed by atoms with Crippen molar-refractivity contribution in [2.45, 2.75) is 56.1 Å². The number of nitrogens with zero attached hydrogens (tertiary/aromatic N) is 6. The maximum atomic E-state index is 16.5. The van der Waals surface area contributed by atoms with Crippen LogP contribution in [0.25, 0.3) is 16.3 Å². The minimum atomic E-state index is -1.09. The highest BCUT2D eigenvalue weighted by atomic mass is 35.5. The highest BCUT2D eigenvalue weighted by Gasteiger charge is 2.46. The molecular weight excluding hydrogens is 646 g/mol. The molecule has 2 aromatic rings. The summed E-state index contributed by atoms with van der Waals surface area (Å²) in [6, 6.07) is 14.4. The molecule has 2 unspecified atom stereocenters. The molecule has 3 saturated heterocycles. The number of rotatable bonds is 7. The molecule has 11 heteroatoms. The fourth-order valence-corrected chi connectivity index (χ4v) is 8.82. The second kappa shape index (κ2) is 13.4. The average Bonchev–Trinajstić information content (AvgIpc) is 3.68. The third-order valence-electron chi connectivity index (χ3n) is 10.8. The second-order valence-electron chi connectivity index (χ2n) is 13.5. The van der Waals surface area contributed by atoms with Gasteiger partial charge in [-0.2, -0.15) is 10.5 Å². The Morgan fingerprint density at radius 2 is 1.84 bits per heavy atom. The number of hydrogen-bond donors (Lipinski definition) is 0. The lowest BCUT2D eigenvalue weighted by Crippen LogP contribution is -2.56. The summed E-state index contributed by atoms with van der Waals surface area (Å²) in [7, 11) is 0. The van der Waals surface area contributed by atoms with E-state index < -0.39 is 35.6 Å². The van der Waals surface area contributed by atoms with Gasteiger partial charge in [-0.1, -0.05) is 48.5 Å². The minimum Gasteiger partial charge on any atom is -0.476 e. The molecule has 0 N–H and O–H groups in total. The monoisotopic (exact) mass is 682 g/mol. The third kappa shape index (κ3) is 5.92. The van der Waals surface area contributed by atoms with E-state index >= 15 is 4.39 Å². The van der Waals surface area contributed by atoms with Gasteiger partial charge in [0.25, 0.3) is 5.91 Å². The molecular formula is C38H37ClF2N6O2. The summed E-state index contributed by atoms with van der Waals surface area (Å²) in [5.74, 6) is -2.60. The lowest BCUT2D eigenvalue weighted by atomic mass is 9.81. The molecule has 4 heterocycles. The molecule has 0 radical (unpaired) electrons. The smallest absolute Gasteiger partial charge is 0.282 e. The normalized spacial score (nSPS) is 24.8. The maximum absolute atomic E-state index is 16.5. The van der Waals surface area contributed by atoms with Crippen LogP contribution in [0.2, 0.25) is 5.02 Å². The number of carbonyl (C=O) groups excluding carboxylic acids is 1. The second-order valence-corrected chi connectivity index (χ2v) is 13.9. The Morgan fingerprint density at radius 3 is 2.55 bits per heavy atom. The molecule has 0 spiro atoms. The number of piperazine rings is 1. The standard InChI is InChI=1S/C38H37ClF2N6O2/c1-24(40)37(48)47-19-18-45(22-26(47)10-14-42)35-28(11-15-43)36(49-23-38-12-4-16-46(38)17-5-13-38)44-33-21-29(32(41)20-30(33)35)27-8-2-6-25-7-3-9-31(39)34(25)27/h2-3,6-9,20-21,26,30,33H,1,4-5,10-13,16-19,22-23H2/t26-,30?,33?/m0/s1. The number of nitriles is 2. The number of amides is 1. The molecule has 1 aliphatic carbocycles. The Hall–Kier alpha value is -4.51. The summed E-state index contributed by atoms with van der Waals surface area (Å²) in [5, 5.41) is 21.9. The van der Waals surface area contributed by atoms with Gasteiger partial charge in [-0.05, 0) is 67.9 Å². The van der Waals surface area contributed by atoms with Crippen molar-refractivity contribution in [2.75, 3.05) is 39.3 Å². The highest BCUT2D eigenvalue weighted by Crippen LogP contribution is 2.45. The minimum absolute atomic E-state index is 0.0254. The highest BCUT2D eigenvalue weighted by molar-refractivity contribution is 6.36. The van der Waals surface area contributed by atoms with E-state index in [2.05, 4.69) is 23.6 Å². The van der Waals surface area contributed by atoms with E-state index in [4.69, 9.17) is 21.3 Å². The van der Waals surface area contributed by atoms with Crippen molar-refractivity contribution in [3.63, 3.8) is 0 Å². The van der Waals surface area contributed by atoms with Crippen LogP contribution in [0.4, 0.5) is 8.78 Å². The van der Waals surface area contributed by atoms with Crippen LogP contribution in [0.5, 0.6) is 0 Å². The molecule has 0 saturated carbocycles. The summed E-state index contributed by atoms with van der Waals surface area (Å²) in [6.45, 7) is 6.27. The van der Waals surface area contributed by atoms with Crippen molar-refractivity contribution in [3.8, 4) is 12.1 Å². The van der Waals surface area contributed by atoms with Crippen LogP contribution in [0.1, 0.15) is 44.1 Å². The van der Waals surface area contributed by atoms with Gasteiger partial charge in [0.2, 0.25) is 5.90 Å². The molecule has 1 amide bonds. The van der Waals surface area contributed by atoms with Crippen molar-refractivity contribution < 1.29 is 18.3 Å². The number of allylic oxidation sites excluding steroid dienone is 2. The first-order chi connectivity index (χ1) is 23.7. The summed E-state index contributed by atoms with van der Waals surface area (Å²) >= 11 is 6.66. The quantitative estimate of drug-likeness (QED) is 0.296. The van der Waals surface area contributed by atoms with Gasteiger partial charge in [-0.3, -0.25) is 9.69 Å². The fraction of sp³-hybridized carbons (Fsp3) is 0.421. The van der Waals surface area contributed by atoms with Crippen molar-refractivity contribution in [3.05, 3.63) is 88.6 Å². The number of hydrogen-bond acceptors (Lipinski definition) is 7. The zero-order chi connectivity index (χ0) is 34.3. The molecule has 7 rings (SSSR count). The molecule has 49 heavy (non-hydrogen) atoms. The van der Waals surface area contributed by atoms with Gasteiger partial charge in [-0.15, -0.1) is 0 Å². The van der Waals surface area contributed by atoms with Crippen molar-refractivity contribution in [2.24, 2.45) is 10.9 Å². The number of aliphatic imine (C=N–C) groups is 1. The van der Waals surface area contributed by atoms with E-state index in [-0.39, 0.29) is 38.0 Å². The molecule has 3 atom stereocenters. The molecule has 8 nitrogen and oxygen atoms in total. The number of halogens is 3. The zero-order valence-electron chi connectivity index (χ0n) is 27.2. The average molecular weight is 683 g/mol. The van der Waals surface area contributed by atoms with Gasteiger partial charge in [0.15, 0.2) is 5.83 Å². The Balaban J connectivity index is 1.32. The first kappa shape index (κ1) is 33.0. The lowest BCUT2D eigenvalue weighted by Gasteiger charge is -2.46. The number of carbonyl (C=O) groups is 1. The molecule has 4 aliphatic heterocycles. The Bertz CT molecular complexity index is 1910. The van der Waals surface area contributed by atoms with Crippen LogP contribution in [0.3, 0.4) is 0 Å². The van der Waals surface area contributed by atoms with Gasteiger partial charge < -0.3 is 14.5 Å². The molecule has 5 aliphatic rings. The van der Waals surface area contributed by atoms with Crippen LogP contribution < -0.4 is 0 Å². The van der Waals surface area contributed by atoms with Gasteiger partial charge >= 0.3 is 0 Å². The van der Waals surface area contributed by atoms with E-state index in [1.807, 2.05) is 41.3 Å². The van der Waals surface area contributed by atoms with Gasteiger partial charge in [0.1, 0.15) is 12.4 Å². The molecule has 2 aromatic carbocycles. The third-order valence-corrected chi connectivity index (χ3v) is 11.1. The van der Waals surface area contributed by atoms with Crippen LogP contribution in [-0.2, 0) is 9.53 Å². The van der Waals surface area contributed by atoms with E-state index in [1.165, 1.54) is 4.90 Å². The fourth-order valence-electron chi connectivity index (χ4n) is 8.53. The number of dihydropyridines is 1. The van der Waals surface area contributed by atoms with Crippen LogP contribution in [0, 0.1) is 28.6 Å². The van der Waals surface area contributed by atoms with E-state index in [0.717, 1.165) is 49.5 Å². The predicted octanol–water partition coefficient (Wildman–Crippen LogP) is 6.86. The van der Waals surface area contributed by atoms with E-state index in [1.54, 1.807) is 12.1 Å². The van der Waals surface area contributed by atoms with Gasteiger partial charge in [-0.25, -0.2) is 13.8 Å². The summed E-state index contributed by atoms with van der Waals surface area (Å²) in [5.41, 5.74) is 2.21. The Labute approximate surface area is 289 Å². The van der Waals surface area contributed by atoms with Crippen molar-refractivity contribution in [1.29, 1.82) is 10.5 Å². The van der Waals surface area contributed by atoms with Crippen molar-refractivity contribution >= 4 is 39.8 Å². The maximum Gasteiger partial charge on any atom is 0.282 e. The zero-order valence-corrected chi connectivity index (χ0v) is 27.9. The first-order valence-corrected chi connectivity index (χ1v) is 17.2. The van der Waals surface area contributed by atoms with E-state index in [0.29, 0.717) is 39.9 Å². The lowest BCUT2D eigenvalue weighted by molar-refractivity contribution is -0.133. The van der Waals surface area contributed by atoms with Gasteiger partial charge in [0.05, 0.1) is 42.6 Å².